The third-order valence-corrected chi connectivity index (χ3v) is 2.83. The Labute approximate surface area is 105 Å². The molecule has 0 spiro atoms. The highest BCUT2D eigenvalue weighted by atomic mass is 16.2. The Hall–Kier alpha value is -1.12. The van der Waals surface area contributed by atoms with Crippen LogP contribution in [0.25, 0.3) is 0 Å². The molecule has 0 aromatic heterocycles. The number of aliphatic hydroxyl groups excluding tert-OH is 1. The number of aliphatic hydroxyl groups is 1. The first-order valence-corrected chi connectivity index (χ1v) is 6.22. The van der Waals surface area contributed by atoms with Crippen LogP contribution in [0.1, 0.15) is 24.8 Å². The van der Waals surface area contributed by atoms with E-state index in [4.69, 9.17) is 5.11 Å². The fourth-order valence-electron chi connectivity index (χ4n) is 1.78. The van der Waals surface area contributed by atoms with Crippen molar-refractivity contribution in [3.05, 3.63) is 48.0 Å². The van der Waals surface area contributed by atoms with Crippen molar-refractivity contribution in [1.82, 2.24) is 4.90 Å². The molecule has 2 nitrogen and oxygen atoms in total. The van der Waals surface area contributed by atoms with Crippen LogP contribution < -0.4 is 0 Å². The minimum atomic E-state index is 0.263. The molecule has 1 N–H and O–H groups in total. The summed E-state index contributed by atoms with van der Waals surface area (Å²) in [6.45, 7) is 6.30. The van der Waals surface area contributed by atoms with Crippen LogP contribution in [0.3, 0.4) is 0 Å². The van der Waals surface area contributed by atoms with Crippen molar-refractivity contribution in [2.75, 3.05) is 20.2 Å². The molecule has 0 fully saturated rings. The summed E-state index contributed by atoms with van der Waals surface area (Å²) in [6.07, 6.45) is 2.79. The molecule has 94 valence electrons. The van der Waals surface area contributed by atoms with Crippen LogP contribution in [0.5, 0.6) is 0 Å². The molecule has 0 aliphatic rings. The van der Waals surface area contributed by atoms with Crippen LogP contribution >= 0.6 is 0 Å². The molecular formula is C15H23NO. The topological polar surface area (TPSA) is 23.5 Å². The zero-order valence-electron chi connectivity index (χ0n) is 10.7. The molecule has 0 amide bonds. The van der Waals surface area contributed by atoms with Crippen LogP contribution in [0.15, 0.2) is 42.5 Å². The fraction of sp³-hybridized carbons (Fsp3) is 0.467. The van der Waals surface area contributed by atoms with Gasteiger partial charge in [0.05, 0.1) is 0 Å². The Morgan fingerprint density at radius 2 is 1.94 bits per heavy atom. The van der Waals surface area contributed by atoms with Gasteiger partial charge in [-0.1, -0.05) is 42.5 Å². The smallest absolute Gasteiger partial charge is 0.0434 e. The highest BCUT2D eigenvalue weighted by Gasteiger charge is 2.01. The largest absolute Gasteiger partial charge is 0.396 e. The van der Waals surface area contributed by atoms with E-state index in [-0.39, 0.29) is 6.61 Å². The predicted octanol–water partition coefficient (Wildman–Crippen LogP) is 2.84. The van der Waals surface area contributed by atoms with Crippen molar-refractivity contribution in [2.24, 2.45) is 0 Å². The summed E-state index contributed by atoms with van der Waals surface area (Å²) in [7, 11) is 2.13. The molecule has 0 radical (unpaired) electrons. The maximum Gasteiger partial charge on any atom is 0.0434 e. The van der Waals surface area contributed by atoms with E-state index in [9.17, 15) is 0 Å². The van der Waals surface area contributed by atoms with Crippen molar-refractivity contribution < 1.29 is 5.11 Å². The molecule has 0 heterocycles. The Balaban J connectivity index is 2.21. The zero-order valence-corrected chi connectivity index (χ0v) is 10.7. The summed E-state index contributed by atoms with van der Waals surface area (Å²) in [5.74, 6) is 0. The van der Waals surface area contributed by atoms with E-state index in [2.05, 4.69) is 42.8 Å². The first-order chi connectivity index (χ1) is 8.22. The van der Waals surface area contributed by atoms with Crippen molar-refractivity contribution in [1.29, 1.82) is 0 Å². The van der Waals surface area contributed by atoms with Gasteiger partial charge in [-0.25, -0.2) is 0 Å². The van der Waals surface area contributed by atoms with Gasteiger partial charge in [0.15, 0.2) is 0 Å². The van der Waals surface area contributed by atoms with Gasteiger partial charge in [0.1, 0.15) is 0 Å². The fourth-order valence-corrected chi connectivity index (χ4v) is 1.78. The van der Waals surface area contributed by atoms with Crippen LogP contribution in [-0.2, 0) is 6.54 Å². The van der Waals surface area contributed by atoms with E-state index in [0.717, 1.165) is 32.4 Å². The van der Waals surface area contributed by atoms with Gasteiger partial charge in [-0.3, -0.25) is 0 Å². The molecule has 0 bridgehead atoms. The second-order valence-corrected chi connectivity index (χ2v) is 4.55. The molecule has 1 aromatic carbocycles. The lowest BCUT2D eigenvalue weighted by Gasteiger charge is -2.17. The molecule has 0 aliphatic carbocycles. The first-order valence-electron chi connectivity index (χ1n) is 6.22. The lowest BCUT2D eigenvalue weighted by Crippen LogP contribution is -2.19. The standard InChI is InChI=1S/C15H23NO/c1-14(7-6-12-17)10-11-16(2)13-15-8-4-3-5-9-15/h3-5,8-9,17H,1,6-7,10-13H2,2H3. The number of rotatable bonds is 8. The molecule has 0 atom stereocenters. The van der Waals surface area contributed by atoms with E-state index in [1.54, 1.807) is 0 Å². The molecule has 1 aromatic rings. The number of benzene rings is 1. The summed E-state index contributed by atoms with van der Waals surface area (Å²) in [6, 6.07) is 10.5. The van der Waals surface area contributed by atoms with Crippen molar-refractivity contribution in [2.45, 2.75) is 25.8 Å². The highest BCUT2D eigenvalue weighted by Crippen LogP contribution is 2.09. The van der Waals surface area contributed by atoms with Gasteiger partial charge >= 0.3 is 0 Å². The third kappa shape index (κ3) is 6.25. The van der Waals surface area contributed by atoms with Crippen LogP contribution in [0.2, 0.25) is 0 Å². The Kier molecular flexibility index (Phi) is 6.60. The van der Waals surface area contributed by atoms with E-state index < -0.39 is 0 Å². The second kappa shape index (κ2) is 8.04. The number of hydrogen-bond donors (Lipinski definition) is 1. The molecular weight excluding hydrogens is 210 g/mol. The average molecular weight is 233 g/mol. The zero-order chi connectivity index (χ0) is 12.5. The van der Waals surface area contributed by atoms with Gasteiger partial charge in [0, 0.05) is 19.7 Å². The summed E-state index contributed by atoms with van der Waals surface area (Å²) < 4.78 is 0. The summed E-state index contributed by atoms with van der Waals surface area (Å²) in [5, 5.41) is 8.74. The van der Waals surface area contributed by atoms with Gasteiger partial charge in [0.25, 0.3) is 0 Å². The predicted molar refractivity (Wildman–Crippen MR) is 72.9 cm³/mol. The van der Waals surface area contributed by atoms with Gasteiger partial charge in [0.2, 0.25) is 0 Å². The van der Waals surface area contributed by atoms with Crippen molar-refractivity contribution >= 4 is 0 Å². The Bertz CT molecular complexity index is 321. The van der Waals surface area contributed by atoms with Gasteiger partial charge in [-0.05, 0) is 31.9 Å². The van der Waals surface area contributed by atoms with Gasteiger partial charge < -0.3 is 10.0 Å². The van der Waals surface area contributed by atoms with E-state index in [1.165, 1.54) is 11.1 Å². The maximum atomic E-state index is 8.74. The minimum absolute atomic E-state index is 0.263. The first kappa shape index (κ1) is 13.9. The monoisotopic (exact) mass is 233 g/mol. The molecule has 0 aliphatic heterocycles. The van der Waals surface area contributed by atoms with Crippen LogP contribution in [-0.4, -0.2) is 30.2 Å². The summed E-state index contributed by atoms with van der Waals surface area (Å²) in [5.41, 5.74) is 2.58. The van der Waals surface area contributed by atoms with Crippen molar-refractivity contribution in [3.63, 3.8) is 0 Å². The number of nitrogens with zero attached hydrogens (tertiary/aromatic N) is 1. The van der Waals surface area contributed by atoms with Crippen molar-refractivity contribution in [3.8, 4) is 0 Å². The second-order valence-electron chi connectivity index (χ2n) is 4.55. The highest BCUT2D eigenvalue weighted by molar-refractivity contribution is 5.14. The van der Waals surface area contributed by atoms with E-state index in [1.807, 2.05) is 6.07 Å². The lowest BCUT2D eigenvalue weighted by molar-refractivity contribution is 0.286. The van der Waals surface area contributed by atoms with Gasteiger partial charge in [-0.15, -0.1) is 0 Å². The number of hydrogen-bond acceptors (Lipinski definition) is 2. The normalized spacial score (nSPS) is 10.8. The molecule has 2 heteroatoms. The van der Waals surface area contributed by atoms with E-state index >= 15 is 0 Å². The summed E-state index contributed by atoms with van der Waals surface area (Å²) in [4.78, 5) is 2.31. The molecule has 17 heavy (non-hydrogen) atoms. The quantitative estimate of drug-likeness (QED) is 0.698. The average Bonchev–Trinajstić information content (AvgIpc) is 2.35. The SMILES string of the molecule is C=C(CCCO)CCN(C)Cc1ccccc1. The molecule has 1 rings (SSSR count). The molecule has 0 unspecified atom stereocenters. The maximum absolute atomic E-state index is 8.74. The minimum Gasteiger partial charge on any atom is -0.396 e. The van der Waals surface area contributed by atoms with Crippen LogP contribution in [0.4, 0.5) is 0 Å². The Morgan fingerprint density at radius 1 is 1.24 bits per heavy atom. The third-order valence-electron chi connectivity index (χ3n) is 2.83. The Morgan fingerprint density at radius 3 is 2.59 bits per heavy atom. The van der Waals surface area contributed by atoms with E-state index in [0.29, 0.717) is 0 Å². The lowest BCUT2D eigenvalue weighted by atomic mass is 10.1. The van der Waals surface area contributed by atoms with Gasteiger partial charge in [-0.2, -0.15) is 0 Å². The molecule has 0 saturated heterocycles. The molecule has 0 saturated carbocycles. The summed E-state index contributed by atoms with van der Waals surface area (Å²) >= 11 is 0. The van der Waals surface area contributed by atoms with Crippen LogP contribution in [0, 0.1) is 0 Å².